The Bertz CT molecular complexity index is 787. The number of ether oxygens (including phenoxy) is 1. The summed E-state index contributed by atoms with van der Waals surface area (Å²) in [5.41, 5.74) is -1.84. The Morgan fingerprint density at radius 1 is 1.29 bits per heavy atom. The van der Waals surface area contributed by atoms with Crippen molar-refractivity contribution >= 4 is 16.9 Å². The number of hydrogen-bond donors (Lipinski definition) is 1. The molecule has 0 radical (unpaired) electrons. The number of benzene rings is 1. The molecule has 2 aromatic rings. The molecule has 0 aliphatic heterocycles. The molecule has 2 rings (SSSR count). The molecule has 0 unspecified atom stereocenters. The third-order valence-electron chi connectivity index (χ3n) is 2.92. The number of halogens is 3. The number of nitrogens with zero attached hydrogens (tertiary/aromatic N) is 1. The molecule has 1 aromatic heterocycles. The topological polar surface area (TPSA) is 63.0 Å². The minimum absolute atomic E-state index is 0.0339. The summed E-state index contributed by atoms with van der Waals surface area (Å²) in [6, 6.07) is 0.551. The maximum atomic E-state index is 13.7. The zero-order chi connectivity index (χ0) is 15.7. The van der Waals surface area contributed by atoms with Crippen LogP contribution in [0.15, 0.2) is 10.9 Å². The number of hydrogen-bond acceptors (Lipinski definition) is 3. The minimum atomic E-state index is -1.69. The van der Waals surface area contributed by atoms with Gasteiger partial charge in [0.1, 0.15) is 5.52 Å². The molecular weight excluding hydrogens is 289 g/mol. The Kier molecular flexibility index (Phi) is 3.97. The van der Waals surface area contributed by atoms with Gasteiger partial charge in [0.25, 0.3) is 5.43 Å². The highest BCUT2D eigenvalue weighted by Crippen LogP contribution is 2.18. The summed E-state index contributed by atoms with van der Waals surface area (Å²) in [4.78, 5) is 24.0. The molecule has 1 aromatic carbocycles. The fraction of sp³-hybridized carbons (Fsp3) is 0.308. The zero-order valence-corrected chi connectivity index (χ0v) is 11.3. The lowest BCUT2D eigenvalue weighted by atomic mass is 10.1. The first-order chi connectivity index (χ1) is 9.92. The van der Waals surface area contributed by atoms with E-state index in [1.54, 1.807) is 13.8 Å². The highest BCUT2D eigenvalue weighted by molar-refractivity contribution is 5.90. The maximum absolute atomic E-state index is 13.7. The summed E-state index contributed by atoms with van der Waals surface area (Å²) in [5.74, 6) is -5.63. The van der Waals surface area contributed by atoms with E-state index in [2.05, 4.69) is 5.10 Å². The SMILES string of the molecule is CCOC(=O)c1c(=O)c2cc(F)c(F)c(F)c2[nH][n+]1CC. The Morgan fingerprint density at radius 3 is 2.52 bits per heavy atom. The highest BCUT2D eigenvalue weighted by atomic mass is 19.2. The van der Waals surface area contributed by atoms with Crippen LogP contribution in [0, 0.1) is 17.5 Å². The molecular formula is C13H12F3N2O3+. The van der Waals surface area contributed by atoms with Gasteiger partial charge in [-0.2, -0.15) is 5.10 Å². The largest absolute Gasteiger partial charge is 0.458 e. The lowest BCUT2D eigenvalue weighted by molar-refractivity contribution is -0.751. The molecule has 1 heterocycles. The average Bonchev–Trinajstić information content (AvgIpc) is 2.45. The van der Waals surface area contributed by atoms with Gasteiger partial charge < -0.3 is 4.74 Å². The monoisotopic (exact) mass is 301 g/mol. The normalized spacial score (nSPS) is 10.9. The van der Waals surface area contributed by atoms with E-state index in [1.165, 1.54) is 0 Å². The number of rotatable bonds is 3. The molecule has 0 atom stereocenters. The van der Waals surface area contributed by atoms with E-state index in [0.717, 1.165) is 4.68 Å². The van der Waals surface area contributed by atoms with Crippen LogP contribution in [-0.4, -0.2) is 17.7 Å². The average molecular weight is 301 g/mol. The number of aromatic amines is 1. The highest BCUT2D eigenvalue weighted by Gasteiger charge is 2.30. The molecule has 21 heavy (non-hydrogen) atoms. The summed E-state index contributed by atoms with van der Waals surface area (Å²) in [7, 11) is 0. The van der Waals surface area contributed by atoms with Gasteiger partial charge >= 0.3 is 11.7 Å². The van der Waals surface area contributed by atoms with Crippen LogP contribution >= 0.6 is 0 Å². The predicted octanol–water partition coefficient (Wildman–Crippen LogP) is 1.43. The number of aromatic nitrogens is 2. The van der Waals surface area contributed by atoms with Gasteiger partial charge in [0.05, 0.1) is 12.0 Å². The van der Waals surface area contributed by atoms with Gasteiger partial charge in [-0.15, -0.1) is 0 Å². The van der Waals surface area contributed by atoms with E-state index < -0.39 is 45.4 Å². The number of esters is 1. The van der Waals surface area contributed by atoms with Crippen molar-refractivity contribution < 1.29 is 27.4 Å². The predicted molar refractivity (Wildman–Crippen MR) is 66.3 cm³/mol. The van der Waals surface area contributed by atoms with Gasteiger partial charge in [-0.1, -0.05) is 4.68 Å². The number of carbonyl (C=O) groups excluding carboxylic acids is 1. The molecule has 0 bridgehead atoms. The van der Waals surface area contributed by atoms with E-state index in [1.807, 2.05) is 0 Å². The third-order valence-corrected chi connectivity index (χ3v) is 2.92. The second-order valence-corrected chi connectivity index (χ2v) is 4.16. The fourth-order valence-electron chi connectivity index (χ4n) is 1.96. The van der Waals surface area contributed by atoms with Gasteiger partial charge in [-0.25, -0.2) is 18.0 Å². The summed E-state index contributed by atoms with van der Waals surface area (Å²) >= 11 is 0. The number of nitrogens with one attached hydrogen (secondary N) is 1. The third kappa shape index (κ3) is 2.37. The second-order valence-electron chi connectivity index (χ2n) is 4.16. The molecule has 0 spiro atoms. The Balaban J connectivity index is 2.89. The molecule has 0 fully saturated rings. The van der Waals surface area contributed by atoms with Crippen molar-refractivity contribution in [1.82, 2.24) is 5.10 Å². The maximum Gasteiger partial charge on any atom is 0.410 e. The van der Waals surface area contributed by atoms with E-state index in [4.69, 9.17) is 4.74 Å². The van der Waals surface area contributed by atoms with Crippen molar-refractivity contribution in [2.24, 2.45) is 0 Å². The molecule has 0 saturated heterocycles. The van der Waals surface area contributed by atoms with Crippen LogP contribution in [0.25, 0.3) is 10.9 Å². The number of carbonyl (C=O) groups is 1. The van der Waals surface area contributed by atoms with Crippen LogP contribution in [0.1, 0.15) is 24.3 Å². The summed E-state index contributed by atoms with van der Waals surface area (Å²) < 4.78 is 46.0. The Labute approximate surface area is 116 Å². The summed E-state index contributed by atoms with van der Waals surface area (Å²) in [5, 5.41) is 1.94. The first-order valence-electron chi connectivity index (χ1n) is 6.22. The van der Waals surface area contributed by atoms with Crippen molar-refractivity contribution in [3.8, 4) is 0 Å². The van der Waals surface area contributed by atoms with Gasteiger partial charge in [0.2, 0.25) is 0 Å². The molecule has 5 nitrogen and oxygen atoms in total. The minimum Gasteiger partial charge on any atom is -0.458 e. The van der Waals surface area contributed by atoms with Gasteiger partial charge in [-0.05, 0) is 19.9 Å². The van der Waals surface area contributed by atoms with Crippen molar-refractivity contribution in [3.63, 3.8) is 0 Å². The van der Waals surface area contributed by atoms with Crippen LogP contribution in [-0.2, 0) is 11.3 Å². The van der Waals surface area contributed by atoms with Crippen LogP contribution in [0.3, 0.4) is 0 Å². The van der Waals surface area contributed by atoms with Gasteiger partial charge in [0.15, 0.2) is 24.0 Å². The first-order valence-corrected chi connectivity index (χ1v) is 6.22. The molecule has 0 aliphatic rings. The molecule has 0 aliphatic carbocycles. The van der Waals surface area contributed by atoms with Crippen LogP contribution in [0.5, 0.6) is 0 Å². The quantitative estimate of drug-likeness (QED) is 0.530. The molecule has 8 heteroatoms. The van der Waals surface area contributed by atoms with Crippen LogP contribution in [0.2, 0.25) is 0 Å². The fourth-order valence-corrected chi connectivity index (χ4v) is 1.96. The number of aryl methyl sites for hydroxylation is 1. The zero-order valence-electron chi connectivity index (χ0n) is 11.3. The molecule has 1 N–H and O–H groups in total. The molecule has 0 saturated carbocycles. The second kappa shape index (κ2) is 5.55. The number of H-pyrrole nitrogens is 1. The Hall–Kier alpha value is -2.38. The van der Waals surface area contributed by atoms with Crippen molar-refractivity contribution in [3.05, 3.63) is 39.4 Å². The standard InChI is InChI=1S/C13H11F3N2O3/c1-3-18-11(13(20)21-4-2)12(19)6-5-7(14)8(15)9(16)10(6)17-18/h5H,3-4H2,1-2H3/p+1. The lowest BCUT2D eigenvalue weighted by Crippen LogP contribution is -2.49. The Morgan fingerprint density at radius 2 is 1.95 bits per heavy atom. The van der Waals surface area contributed by atoms with E-state index >= 15 is 0 Å². The summed E-state index contributed by atoms with van der Waals surface area (Å²) in [6.45, 7) is 3.28. The molecule has 0 amide bonds. The summed E-state index contributed by atoms with van der Waals surface area (Å²) in [6.07, 6.45) is 0. The van der Waals surface area contributed by atoms with E-state index in [9.17, 15) is 22.8 Å². The van der Waals surface area contributed by atoms with Gasteiger partial charge in [0, 0.05) is 0 Å². The van der Waals surface area contributed by atoms with Crippen molar-refractivity contribution in [2.45, 2.75) is 20.4 Å². The van der Waals surface area contributed by atoms with Gasteiger partial charge in [-0.3, -0.25) is 4.79 Å². The smallest absolute Gasteiger partial charge is 0.410 e. The van der Waals surface area contributed by atoms with Crippen LogP contribution < -0.4 is 10.1 Å². The van der Waals surface area contributed by atoms with Crippen molar-refractivity contribution in [1.29, 1.82) is 0 Å². The lowest BCUT2D eigenvalue weighted by Gasteiger charge is -2.05. The first kappa shape index (κ1) is 15.0. The molecule has 112 valence electrons. The van der Waals surface area contributed by atoms with Crippen molar-refractivity contribution in [2.75, 3.05) is 6.61 Å². The van der Waals surface area contributed by atoms with E-state index in [-0.39, 0.29) is 13.2 Å². The van der Waals surface area contributed by atoms with E-state index in [0.29, 0.717) is 6.07 Å². The van der Waals surface area contributed by atoms with Crippen LogP contribution in [0.4, 0.5) is 13.2 Å². The number of fused-ring (bicyclic) bond motifs is 1.